The topological polar surface area (TPSA) is 24.1 Å². The zero-order valence-corrected chi connectivity index (χ0v) is 7.16. The summed E-state index contributed by atoms with van der Waals surface area (Å²) in [4.78, 5) is 0. The molecule has 64 valence electrons. The summed E-state index contributed by atoms with van der Waals surface area (Å²) in [7, 11) is 0. The molecule has 2 heterocycles. The molecule has 0 bridgehead atoms. The Morgan fingerprint density at radius 2 is 1.64 bits per heavy atom. The van der Waals surface area contributed by atoms with Crippen LogP contribution in [0.25, 0.3) is 0 Å². The SMILES string of the molecule is C1CCC2(CCNCC2)NC1. The standard InChI is InChI=1S/C9H18N2/c1-2-6-11-9(3-1)4-7-10-8-5-9/h10-11H,1-8H2. The quantitative estimate of drug-likeness (QED) is 0.541. The highest BCUT2D eigenvalue weighted by Crippen LogP contribution is 2.27. The van der Waals surface area contributed by atoms with Gasteiger partial charge >= 0.3 is 0 Å². The lowest BCUT2D eigenvalue weighted by molar-refractivity contribution is 0.194. The molecule has 2 heteroatoms. The van der Waals surface area contributed by atoms with Gasteiger partial charge in [0, 0.05) is 5.54 Å². The van der Waals surface area contributed by atoms with E-state index in [1.165, 1.54) is 51.7 Å². The fraction of sp³-hybridized carbons (Fsp3) is 1.00. The minimum absolute atomic E-state index is 0.545. The van der Waals surface area contributed by atoms with Gasteiger partial charge in [-0.1, -0.05) is 6.42 Å². The minimum atomic E-state index is 0.545. The fourth-order valence-corrected chi connectivity index (χ4v) is 2.36. The zero-order chi connectivity index (χ0) is 7.57. The molecule has 0 saturated carbocycles. The maximum atomic E-state index is 3.69. The van der Waals surface area contributed by atoms with Crippen LogP contribution in [0.3, 0.4) is 0 Å². The minimum Gasteiger partial charge on any atom is -0.317 e. The summed E-state index contributed by atoms with van der Waals surface area (Å²) in [5.74, 6) is 0. The molecule has 2 N–H and O–H groups in total. The normalized spacial score (nSPS) is 30.5. The molecule has 2 aliphatic rings. The molecule has 2 saturated heterocycles. The fourth-order valence-electron chi connectivity index (χ4n) is 2.36. The molecule has 0 aromatic carbocycles. The van der Waals surface area contributed by atoms with Crippen LogP contribution in [0.2, 0.25) is 0 Å². The molecule has 0 radical (unpaired) electrons. The highest BCUT2D eigenvalue weighted by atomic mass is 15.0. The summed E-state index contributed by atoms with van der Waals surface area (Å²) in [6, 6.07) is 0. The van der Waals surface area contributed by atoms with E-state index in [4.69, 9.17) is 0 Å². The predicted octanol–water partition coefficient (Wildman–Crippen LogP) is 0.882. The molecular weight excluding hydrogens is 136 g/mol. The number of nitrogens with one attached hydrogen (secondary N) is 2. The summed E-state index contributed by atoms with van der Waals surface area (Å²) in [6.45, 7) is 3.68. The Morgan fingerprint density at radius 1 is 0.818 bits per heavy atom. The van der Waals surface area contributed by atoms with Crippen molar-refractivity contribution in [3.05, 3.63) is 0 Å². The molecule has 1 spiro atoms. The lowest BCUT2D eigenvalue weighted by atomic mass is 9.81. The first-order valence-corrected chi connectivity index (χ1v) is 4.87. The summed E-state index contributed by atoms with van der Waals surface area (Å²) in [5.41, 5.74) is 0.545. The largest absolute Gasteiger partial charge is 0.317 e. The number of hydrogen-bond donors (Lipinski definition) is 2. The Kier molecular flexibility index (Phi) is 2.14. The average Bonchev–Trinajstić information content (AvgIpc) is 2.07. The van der Waals surface area contributed by atoms with Crippen molar-refractivity contribution in [2.24, 2.45) is 0 Å². The average molecular weight is 154 g/mol. The Balaban J connectivity index is 1.94. The van der Waals surface area contributed by atoms with Gasteiger partial charge in [0.05, 0.1) is 0 Å². The second kappa shape index (κ2) is 3.11. The first kappa shape index (κ1) is 7.56. The highest BCUT2D eigenvalue weighted by Gasteiger charge is 2.32. The first-order chi connectivity index (χ1) is 5.41. The molecular formula is C9H18N2. The van der Waals surface area contributed by atoms with Gasteiger partial charge in [-0.05, 0) is 45.3 Å². The number of hydrogen-bond acceptors (Lipinski definition) is 2. The molecule has 2 aliphatic heterocycles. The second-order valence-corrected chi connectivity index (χ2v) is 3.91. The smallest absolute Gasteiger partial charge is 0.0205 e. The monoisotopic (exact) mass is 154 g/mol. The van der Waals surface area contributed by atoms with Crippen LogP contribution in [0, 0.1) is 0 Å². The van der Waals surface area contributed by atoms with Gasteiger partial charge in [-0.15, -0.1) is 0 Å². The molecule has 0 aromatic heterocycles. The summed E-state index contributed by atoms with van der Waals surface area (Å²) in [5, 5.41) is 7.11. The van der Waals surface area contributed by atoms with Gasteiger partial charge in [0.1, 0.15) is 0 Å². The number of rotatable bonds is 0. The van der Waals surface area contributed by atoms with Crippen LogP contribution in [0.1, 0.15) is 32.1 Å². The van der Waals surface area contributed by atoms with Crippen LogP contribution in [-0.2, 0) is 0 Å². The zero-order valence-electron chi connectivity index (χ0n) is 7.16. The van der Waals surface area contributed by atoms with E-state index >= 15 is 0 Å². The summed E-state index contributed by atoms with van der Waals surface area (Å²) in [6.07, 6.45) is 6.91. The van der Waals surface area contributed by atoms with Crippen LogP contribution in [0.5, 0.6) is 0 Å². The molecule has 2 rings (SSSR count). The Labute approximate surface area is 68.7 Å². The van der Waals surface area contributed by atoms with Crippen molar-refractivity contribution in [3.63, 3.8) is 0 Å². The van der Waals surface area contributed by atoms with Crippen LogP contribution in [0.4, 0.5) is 0 Å². The van der Waals surface area contributed by atoms with Crippen LogP contribution >= 0.6 is 0 Å². The van der Waals surface area contributed by atoms with E-state index in [9.17, 15) is 0 Å². The molecule has 11 heavy (non-hydrogen) atoms. The van der Waals surface area contributed by atoms with Crippen molar-refractivity contribution in [2.45, 2.75) is 37.6 Å². The lowest BCUT2D eigenvalue weighted by Crippen LogP contribution is -2.54. The third-order valence-electron chi connectivity index (χ3n) is 3.14. The third kappa shape index (κ3) is 1.57. The molecule has 0 atom stereocenters. The van der Waals surface area contributed by atoms with E-state index in [1.54, 1.807) is 0 Å². The molecule has 0 unspecified atom stereocenters. The first-order valence-electron chi connectivity index (χ1n) is 4.87. The van der Waals surface area contributed by atoms with Gasteiger partial charge in [0.25, 0.3) is 0 Å². The van der Waals surface area contributed by atoms with E-state index in [-0.39, 0.29) is 0 Å². The van der Waals surface area contributed by atoms with Gasteiger partial charge < -0.3 is 10.6 Å². The van der Waals surface area contributed by atoms with E-state index in [0.29, 0.717) is 5.54 Å². The maximum absolute atomic E-state index is 3.69. The maximum Gasteiger partial charge on any atom is 0.0205 e. The number of piperidine rings is 2. The highest BCUT2D eigenvalue weighted by molar-refractivity contribution is 4.94. The molecule has 2 nitrogen and oxygen atoms in total. The van der Waals surface area contributed by atoms with Gasteiger partial charge in [0.2, 0.25) is 0 Å². The van der Waals surface area contributed by atoms with Crippen molar-refractivity contribution in [1.82, 2.24) is 10.6 Å². The van der Waals surface area contributed by atoms with E-state index in [2.05, 4.69) is 10.6 Å². The van der Waals surface area contributed by atoms with Crippen molar-refractivity contribution < 1.29 is 0 Å². The molecule has 2 fully saturated rings. The van der Waals surface area contributed by atoms with Crippen molar-refractivity contribution in [3.8, 4) is 0 Å². The van der Waals surface area contributed by atoms with Crippen LogP contribution in [-0.4, -0.2) is 25.2 Å². The van der Waals surface area contributed by atoms with E-state index < -0.39 is 0 Å². The molecule has 0 aliphatic carbocycles. The Morgan fingerprint density at radius 3 is 2.27 bits per heavy atom. The second-order valence-electron chi connectivity index (χ2n) is 3.91. The molecule has 0 aromatic rings. The van der Waals surface area contributed by atoms with Crippen molar-refractivity contribution in [2.75, 3.05) is 19.6 Å². The predicted molar refractivity (Wildman–Crippen MR) is 46.7 cm³/mol. The van der Waals surface area contributed by atoms with Gasteiger partial charge in [-0.2, -0.15) is 0 Å². The van der Waals surface area contributed by atoms with Crippen molar-refractivity contribution >= 4 is 0 Å². The van der Waals surface area contributed by atoms with E-state index in [0.717, 1.165) is 0 Å². The Bertz CT molecular complexity index is 102. The Hall–Kier alpha value is -0.0800. The van der Waals surface area contributed by atoms with Crippen LogP contribution in [0.15, 0.2) is 0 Å². The van der Waals surface area contributed by atoms with Crippen LogP contribution < -0.4 is 10.6 Å². The lowest BCUT2D eigenvalue weighted by Gasteiger charge is -2.41. The summed E-state index contributed by atoms with van der Waals surface area (Å²) >= 11 is 0. The van der Waals surface area contributed by atoms with Gasteiger partial charge in [0.15, 0.2) is 0 Å². The summed E-state index contributed by atoms with van der Waals surface area (Å²) < 4.78 is 0. The van der Waals surface area contributed by atoms with Crippen molar-refractivity contribution in [1.29, 1.82) is 0 Å². The van der Waals surface area contributed by atoms with Gasteiger partial charge in [-0.25, -0.2) is 0 Å². The van der Waals surface area contributed by atoms with E-state index in [1.807, 2.05) is 0 Å². The molecule has 0 amide bonds. The third-order valence-corrected chi connectivity index (χ3v) is 3.14. The van der Waals surface area contributed by atoms with Gasteiger partial charge in [-0.3, -0.25) is 0 Å².